The number of carbonyl (C=O) groups is 1. The predicted octanol–water partition coefficient (Wildman–Crippen LogP) is 4.62. The van der Waals surface area contributed by atoms with Gasteiger partial charge in [0.05, 0.1) is 11.7 Å². The number of hydrogen-bond acceptors (Lipinski definition) is 5. The van der Waals surface area contributed by atoms with Gasteiger partial charge in [0.2, 0.25) is 0 Å². The number of aromatic nitrogens is 3. The number of piperidine rings is 1. The summed E-state index contributed by atoms with van der Waals surface area (Å²) in [5.41, 5.74) is 0.335. The van der Waals surface area contributed by atoms with E-state index in [2.05, 4.69) is 36.2 Å². The van der Waals surface area contributed by atoms with Crippen LogP contribution in [-0.2, 0) is 11.4 Å². The number of rotatable bonds is 4. The van der Waals surface area contributed by atoms with Crippen LogP contribution in [0.2, 0.25) is 5.02 Å². The van der Waals surface area contributed by atoms with Crippen molar-refractivity contribution in [3.8, 4) is 11.4 Å². The van der Waals surface area contributed by atoms with Crippen LogP contribution in [0.15, 0.2) is 22.7 Å². The number of benzene rings is 1. The molecule has 0 bridgehead atoms. The van der Waals surface area contributed by atoms with Crippen LogP contribution in [0.5, 0.6) is 0 Å². The smallest absolute Gasteiger partial charge is 0.407 e. The van der Waals surface area contributed by atoms with Crippen molar-refractivity contribution in [2.24, 2.45) is 0 Å². The predicted molar refractivity (Wildman–Crippen MR) is 117 cm³/mol. The number of aryl methyl sites for hydroxylation is 1. The number of hydrogen-bond donors (Lipinski definition) is 1. The average molecular weight is 485 g/mol. The third kappa shape index (κ3) is 6.17. The molecule has 1 aliphatic heterocycles. The fourth-order valence-corrected chi connectivity index (χ4v) is 3.98. The third-order valence-electron chi connectivity index (χ3n) is 4.67. The van der Waals surface area contributed by atoms with Crippen LogP contribution < -0.4 is 5.32 Å². The van der Waals surface area contributed by atoms with Crippen LogP contribution in [0.4, 0.5) is 4.79 Å². The van der Waals surface area contributed by atoms with Crippen LogP contribution >= 0.6 is 27.5 Å². The molecule has 0 saturated carbocycles. The Balaban J connectivity index is 1.56. The van der Waals surface area contributed by atoms with E-state index in [4.69, 9.17) is 16.3 Å². The minimum Gasteiger partial charge on any atom is -0.444 e. The number of ether oxygens (including phenoxy) is 1. The summed E-state index contributed by atoms with van der Waals surface area (Å²) >= 11 is 9.76. The number of carbonyl (C=O) groups excluding carboxylic acids is 1. The molecular formula is C20H27BrClN5O2. The van der Waals surface area contributed by atoms with Crippen molar-refractivity contribution >= 4 is 33.6 Å². The lowest BCUT2D eigenvalue weighted by molar-refractivity contribution is 0.0470. The third-order valence-corrected chi connectivity index (χ3v) is 5.48. The van der Waals surface area contributed by atoms with E-state index in [1.54, 1.807) is 0 Å². The molecule has 158 valence electrons. The quantitative estimate of drug-likeness (QED) is 0.686. The maximum Gasteiger partial charge on any atom is 0.407 e. The molecule has 0 radical (unpaired) electrons. The second-order valence-electron chi connectivity index (χ2n) is 8.29. The van der Waals surface area contributed by atoms with Crippen molar-refractivity contribution in [2.45, 2.75) is 58.8 Å². The lowest BCUT2D eigenvalue weighted by atomic mass is 10.1. The topological polar surface area (TPSA) is 72.3 Å². The number of amides is 1. The highest BCUT2D eigenvalue weighted by Crippen LogP contribution is 2.28. The molecule has 1 fully saturated rings. The molecule has 1 aliphatic rings. The Morgan fingerprint density at radius 2 is 2.03 bits per heavy atom. The Kier molecular flexibility index (Phi) is 6.86. The monoisotopic (exact) mass is 483 g/mol. The van der Waals surface area contributed by atoms with Gasteiger partial charge in [0.1, 0.15) is 11.4 Å². The molecule has 0 unspecified atom stereocenters. The van der Waals surface area contributed by atoms with E-state index in [-0.39, 0.29) is 12.1 Å². The maximum absolute atomic E-state index is 11.9. The number of alkyl carbamates (subject to hydrolysis) is 1. The van der Waals surface area contributed by atoms with Gasteiger partial charge in [-0.15, -0.1) is 5.10 Å². The van der Waals surface area contributed by atoms with Crippen molar-refractivity contribution < 1.29 is 9.53 Å². The lowest BCUT2D eigenvalue weighted by Crippen LogP contribution is -2.46. The van der Waals surface area contributed by atoms with Gasteiger partial charge in [0, 0.05) is 29.2 Å². The largest absolute Gasteiger partial charge is 0.444 e. The van der Waals surface area contributed by atoms with Crippen LogP contribution in [0.3, 0.4) is 0 Å². The van der Waals surface area contributed by atoms with Crippen LogP contribution in [0.1, 0.15) is 39.4 Å². The molecule has 2 aromatic rings. The Bertz CT molecular complexity index is 872. The van der Waals surface area contributed by atoms with Crippen molar-refractivity contribution in [2.75, 3.05) is 13.1 Å². The molecule has 1 aromatic carbocycles. The van der Waals surface area contributed by atoms with Gasteiger partial charge in [0.25, 0.3) is 0 Å². The maximum atomic E-state index is 11.9. The minimum absolute atomic E-state index is 0.134. The highest BCUT2D eigenvalue weighted by Gasteiger charge is 2.24. The van der Waals surface area contributed by atoms with Gasteiger partial charge in [-0.25, -0.2) is 14.5 Å². The van der Waals surface area contributed by atoms with Crippen LogP contribution in [0.25, 0.3) is 11.4 Å². The van der Waals surface area contributed by atoms with Gasteiger partial charge >= 0.3 is 6.09 Å². The van der Waals surface area contributed by atoms with Gasteiger partial charge in [-0.3, -0.25) is 4.90 Å². The molecule has 1 N–H and O–H groups in total. The van der Waals surface area contributed by atoms with Gasteiger partial charge in [-0.2, -0.15) is 0 Å². The van der Waals surface area contributed by atoms with E-state index in [0.717, 1.165) is 41.8 Å². The summed E-state index contributed by atoms with van der Waals surface area (Å²) in [4.78, 5) is 18.8. The van der Waals surface area contributed by atoms with Crippen molar-refractivity contribution in [3.63, 3.8) is 0 Å². The second-order valence-corrected chi connectivity index (χ2v) is 9.61. The summed E-state index contributed by atoms with van der Waals surface area (Å²) in [5.74, 6) is 1.47. The minimum atomic E-state index is -0.481. The summed E-state index contributed by atoms with van der Waals surface area (Å²) in [6, 6.07) is 5.82. The molecule has 1 amide bonds. The lowest BCUT2D eigenvalue weighted by Gasteiger charge is -2.32. The molecule has 1 saturated heterocycles. The Morgan fingerprint density at radius 3 is 2.66 bits per heavy atom. The van der Waals surface area contributed by atoms with Crippen molar-refractivity contribution in [1.29, 1.82) is 0 Å². The molecule has 9 heteroatoms. The zero-order valence-electron chi connectivity index (χ0n) is 17.2. The SMILES string of the molecule is Cc1nc(-c2ccc(Br)cc2Cl)nn1CN1CCC(NC(=O)OC(C)(C)C)CC1. The molecule has 1 aromatic heterocycles. The number of nitrogens with one attached hydrogen (secondary N) is 1. The standard InChI is InChI=1S/C20H27BrClN5O2/c1-13-23-18(16-6-5-14(21)11-17(16)22)25-27(13)12-26-9-7-15(8-10-26)24-19(28)29-20(2,3)4/h5-6,11,15H,7-10,12H2,1-4H3,(H,24,28). The first kappa shape index (κ1) is 22.1. The second kappa shape index (κ2) is 9.02. The first-order valence-electron chi connectivity index (χ1n) is 9.69. The number of nitrogens with zero attached hydrogens (tertiary/aromatic N) is 4. The zero-order valence-corrected chi connectivity index (χ0v) is 19.5. The summed E-state index contributed by atoms with van der Waals surface area (Å²) in [7, 11) is 0. The fourth-order valence-electron chi connectivity index (χ4n) is 3.22. The highest BCUT2D eigenvalue weighted by atomic mass is 79.9. The van der Waals surface area contributed by atoms with Crippen molar-refractivity contribution in [1.82, 2.24) is 25.0 Å². The summed E-state index contributed by atoms with van der Waals surface area (Å²) in [6.45, 7) is 9.94. The number of likely N-dealkylation sites (tertiary alicyclic amines) is 1. The highest BCUT2D eigenvalue weighted by molar-refractivity contribution is 9.10. The van der Waals surface area contributed by atoms with Gasteiger partial charge in [-0.05, 0) is 58.7 Å². The molecule has 3 rings (SSSR count). The van der Waals surface area contributed by atoms with E-state index in [0.29, 0.717) is 17.5 Å². The molecule has 0 atom stereocenters. The van der Waals surface area contributed by atoms with Crippen molar-refractivity contribution in [3.05, 3.63) is 33.5 Å². The van der Waals surface area contributed by atoms with Crippen LogP contribution in [0, 0.1) is 6.92 Å². The van der Waals surface area contributed by atoms with Gasteiger partial charge in [-0.1, -0.05) is 27.5 Å². The Hall–Kier alpha value is -1.64. The Labute approximate surface area is 184 Å². The Morgan fingerprint density at radius 1 is 1.34 bits per heavy atom. The molecule has 29 heavy (non-hydrogen) atoms. The molecule has 0 aliphatic carbocycles. The summed E-state index contributed by atoms with van der Waals surface area (Å²) in [5, 5.41) is 8.23. The van der Waals surface area contributed by atoms with Crippen LogP contribution in [-0.4, -0.2) is 50.5 Å². The molecular weight excluding hydrogens is 458 g/mol. The summed E-state index contributed by atoms with van der Waals surface area (Å²) < 4.78 is 8.16. The normalized spacial score (nSPS) is 16.1. The number of halogens is 2. The average Bonchev–Trinajstić information content (AvgIpc) is 2.95. The fraction of sp³-hybridized carbons (Fsp3) is 0.550. The van der Waals surface area contributed by atoms with E-state index in [1.165, 1.54) is 0 Å². The van der Waals surface area contributed by atoms with E-state index in [1.807, 2.05) is 50.6 Å². The first-order chi connectivity index (χ1) is 13.6. The van der Waals surface area contributed by atoms with Gasteiger partial charge in [0.15, 0.2) is 5.82 Å². The summed E-state index contributed by atoms with van der Waals surface area (Å²) in [6.07, 6.45) is 1.40. The van der Waals surface area contributed by atoms with E-state index >= 15 is 0 Å². The zero-order chi connectivity index (χ0) is 21.2. The molecule has 0 spiro atoms. The van der Waals surface area contributed by atoms with E-state index < -0.39 is 5.60 Å². The van der Waals surface area contributed by atoms with E-state index in [9.17, 15) is 4.79 Å². The first-order valence-corrected chi connectivity index (χ1v) is 10.9. The molecule has 7 nitrogen and oxygen atoms in total. The van der Waals surface area contributed by atoms with Gasteiger partial charge < -0.3 is 10.1 Å². The molecule has 2 heterocycles.